The highest BCUT2D eigenvalue weighted by atomic mass is 79.9. The summed E-state index contributed by atoms with van der Waals surface area (Å²) in [6.45, 7) is 6.32. The van der Waals surface area contributed by atoms with Gasteiger partial charge in [0.25, 0.3) is 0 Å². The van der Waals surface area contributed by atoms with Gasteiger partial charge in [0.2, 0.25) is 0 Å². The van der Waals surface area contributed by atoms with E-state index in [1.807, 2.05) is 13.0 Å². The lowest BCUT2D eigenvalue weighted by atomic mass is 9.94. The van der Waals surface area contributed by atoms with Gasteiger partial charge in [-0.2, -0.15) is 0 Å². The average molecular weight is 299 g/mol. The molecule has 1 atom stereocenters. The number of ether oxygens (including phenoxy) is 1. The second-order valence-electron chi connectivity index (χ2n) is 4.58. The number of aldehydes is 1. The maximum absolute atomic E-state index is 10.6. The van der Waals surface area contributed by atoms with Crippen LogP contribution in [0.3, 0.4) is 0 Å². The molecule has 1 aromatic carbocycles. The summed E-state index contributed by atoms with van der Waals surface area (Å²) >= 11 is 3.59. The van der Waals surface area contributed by atoms with Gasteiger partial charge in [-0.1, -0.05) is 36.7 Å². The zero-order valence-electron chi connectivity index (χ0n) is 10.8. The van der Waals surface area contributed by atoms with Crippen molar-refractivity contribution in [1.82, 2.24) is 0 Å². The fraction of sp³-hybridized carbons (Fsp3) is 0.500. The summed E-state index contributed by atoms with van der Waals surface area (Å²) in [4.78, 5) is 10.6. The molecular formula is C14H19BrO2. The summed E-state index contributed by atoms with van der Waals surface area (Å²) < 4.78 is 6.49. The van der Waals surface area contributed by atoms with Gasteiger partial charge in [0.1, 0.15) is 12.0 Å². The third-order valence-corrected chi connectivity index (χ3v) is 3.59. The van der Waals surface area contributed by atoms with Crippen LogP contribution in [0.25, 0.3) is 0 Å². The quantitative estimate of drug-likeness (QED) is 0.759. The fourth-order valence-electron chi connectivity index (χ4n) is 1.91. The molecule has 0 aliphatic heterocycles. The van der Waals surface area contributed by atoms with Crippen LogP contribution in [0.15, 0.2) is 16.6 Å². The molecule has 0 aromatic heterocycles. The monoisotopic (exact) mass is 298 g/mol. The molecule has 1 rings (SSSR count). The van der Waals surface area contributed by atoms with Crippen LogP contribution in [0.4, 0.5) is 0 Å². The predicted molar refractivity (Wildman–Crippen MR) is 73.9 cm³/mol. The molecule has 0 radical (unpaired) electrons. The van der Waals surface area contributed by atoms with Crippen molar-refractivity contribution in [2.75, 3.05) is 7.11 Å². The van der Waals surface area contributed by atoms with Crippen LogP contribution in [-0.4, -0.2) is 13.4 Å². The lowest BCUT2D eigenvalue weighted by Crippen LogP contribution is -2.01. The molecule has 0 saturated carbocycles. The summed E-state index contributed by atoms with van der Waals surface area (Å²) in [6, 6.07) is 4.13. The van der Waals surface area contributed by atoms with Gasteiger partial charge in [-0.3, -0.25) is 0 Å². The van der Waals surface area contributed by atoms with E-state index in [1.54, 1.807) is 7.11 Å². The summed E-state index contributed by atoms with van der Waals surface area (Å²) in [7, 11) is 1.68. The summed E-state index contributed by atoms with van der Waals surface area (Å²) in [5.74, 6) is 1.51. The Labute approximate surface area is 111 Å². The highest BCUT2D eigenvalue weighted by Crippen LogP contribution is 2.37. The van der Waals surface area contributed by atoms with Gasteiger partial charge in [0.15, 0.2) is 0 Å². The van der Waals surface area contributed by atoms with Crippen molar-refractivity contribution in [2.45, 2.75) is 39.0 Å². The molecule has 1 unspecified atom stereocenters. The second-order valence-corrected chi connectivity index (χ2v) is 5.43. The first-order valence-electron chi connectivity index (χ1n) is 5.82. The number of halogens is 1. The Morgan fingerprint density at radius 2 is 2.00 bits per heavy atom. The topological polar surface area (TPSA) is 26.3 Å². The molecule has 2 nitrogen and oxygen atoms in total. The molecule has 0 saturated heterocycles. The first-order chi connectivity index (χ1) is 8.01. The van der Waals surface area contributed by atoms with Gasteiger partial charge >= 0.3 is 0 Å². The number of hydrogen-bond donors (Lipinski definition) is 0. The first-order valence-corrected chi connectivity index (χ1v) is 6.61. The smallest absolute Gasteiger partial charge is 0.123 e. The van der Waals surface area contributed by atoms with E-state index in [2.05, 4.69) is 35.8 Å². The summed E-state index contributed by atoms with van der Waals surface area (Å²) in [5, 5.41) is 0. The highest BCUT2D eigenvalue weighted by Gasteiger charge is 2.15. The standard InChI is InChI=1S/C14H19BrO2/c1-9(2)14-12(15)7-11(8-13(14)17-4)10(3)5-6-16/h6-10H,5H2,1-4H3. The van der Waals surface area contributed by atoms with E-state index in [1.165, 1.54) is 5.56 Å². The third-order valence-electron chi connectivity index (χ3n) is 2.93. The number of rotatable bonds is 5. The summed E-state index contributed by atoms with van der Waals surface area (Å²) in [6.07, 6.45) is 1.50. The van der Waals surface area contributed by atoms with E-state index >= 15 is 0 Å². The molecule has 0 bridgehead atoms. The molecule has 0 spiro atoms. The summed E-state index contributed by atoms with van der Waals surface area (Å²) in [5.41, 5.74) is 2.31. The van der Waals surface area contributed by atoms with Crippen LogP contribution in [0.2, 0.25) is 0 Å². The Morgan fingerprint density at radius 1 is 1.35 bits per heavy atom. The zero-order valence-corrected chi connectivity index (χ0v) is 12.4. The number of carbonyl (C=O) groups excluding carboxylic acids is 1. The molecule has 0 N–H and O–H groups in total. The van der Waals surface area contributed by atoms with E-state index < -0.39 is 0 Å². The Kier molecular flexibility index (Phi) is 5.19. The SMILES string of the molecule is COc1cc(C(C)CC=O)cc(Br)c1C(C)C. The number of hydrogen-bond acceptors (Lipinski definition) is 2. The molecule has 0 amide bonds. The molecule has 0 aliphatic carbocycles. The average Bonchev–Trinajstić information content (AvgIpc) is 2.27. The molecule has 0 fully saturated rings. The van der Waals surface area contributed by atoms with Crippen LogP contribution in [0.1, 0.15) is 50.2 Å². The lowest BCUT2D eigenvalue weighted by molar-refractivity contribution is -0.108. The first kappa shape index (κ1) is 14.2. The fourth-order valence-corrected chi connectivity index (χ4v) is 2.82. The maximum atomic E-state index is 10.6. The molecule has 17 heavy (non-hydrogen) atoms. The molecule has 94 valence electrons. The second kappa shape index (κ2) is 6.20. The molecular weight excluding hydrogens is 280 g/mol. The van der Waals surface area contributed by atoms with Crippen LogP contribution in [-0.2, 0) is 4.79 Å². The normalized spacial score (nSPS) is 12.6. The number of carbonyl (C=O) groups is 1. The van der Waals surface area contributed by atoms with E-state index in [-0.39, 0.29) is 5.92 Å². The minimum atomic E-state index is 0.221. The zero-order chi connectivity index (χ0) is 13.0. The van der Waals surface area contributed by atoms with E-state index in [9.17, 15) is 4.79 Å². The van der Waals surface area contributed by atoms with Gasteiger partial charge in [0.05, 0.1) is 7.11 Å². The van der Waals surface area contributed by atoms with E-state index in [0.29, 0.717) is 12.3 Å². The molecule has 3 heteroatoms. The van der Waals surface area contributed by atoms with Crippen molar-refractivity contribution in [3.63, 3.8) is 0 Å². The van der Waals surface area contributed by atoms with Crippen molar-refractivity contribution < 1.29 is 9.53 Å². The van der Waals surface area contributed by atoms with Crippen LogP contribution in [0, 0.1) is 0 Å². The van der Waals surface area contributed by atoms with Crippen molar-refractivity contribution in [1.29, 1.82) is 0 Å². The highest BCUT2D eigenvalue weighted by molar-refractivity contribution is 9.10. The van der Waals surface area contributed by atoms with Crippen LogP contribution >= 0.6 is 15.9 Å². The van der Waals surface area contributed by atoms with E-state index in [0.717, 1.165) is 22.1 Å². The van der Waals surface area contributed by atoms with Crippen molar-refractivity contribution >= 4 is 22.2 Å². The molecule has 0 aliphatic rings. The van der Waals surface area contributed by atoms with Crippen molar-refractivity contribution in [3.05, 3.63) is 27.7 Å². The van der Waals surface area contributed by atoms with Crippen LogP contribution < -0.4 is 4.74 Å². The number of methoxy groups -OCH3 is 1. The van der Waals surface area contributed by atoms with Crippen molar-refractivity contribution in [2.24, 2.45) is 0 Å². The number of benzene rings is 1. The largest absolute Gasteiger partial charge is 0.496 e. The Morgan fingerprint density at radius 3 is 2.47 bits per heavy atom. The van der Waals surface area contributed by atoms with Gasteiger partial charge in [0, 0.05) is 16.5 Å². The van der Waals surface area contributed by atoms with Crippen molar-refractivity contribution in [3.8, 4) is 5.75 Å². The van der Waals surface area contributed by atoms with Crippen LogP contribution in [0.5, 0.6) is 5.75 Å². The maximum Gasteiger partial charge on any atom is 0.123 e. The Hall–Kier alpha value is -0.830. The van der Waals surface area contributed by atoms with E-state index in [4.69, 9.17) is 4.74 Å². The minimum absolute atomic E-state index is 0.221. The minimum Gasteiger partial charge on any atom is -0.496 e. The molecule has 0 heterocycles. The molecule has 1 aromatic rings. The van der Waals surface area contributed by atoms with Gasteiger partial charge in [-0.25, -0.2) is 0 Å². The van der Waals surface area contributed by atoms with Gasteiger partial charge in [-0.15, -0.1) is 0 Å². The van der Waals surface area contributed by atoms with Gasteiger partial charge in [-0.05, 0) is 29.5 Å². The third kappa shape index (κ3) is 3.32. The predicted octanol–water partition coefficient (Wildman–Crippen LogP) is 4.27. The lowest BCUT2D eigenvalue weighted by Gasteiger charge is -2.18. The Balaban J connectivity index is 3.21. The Bertz CT molecular complexity index is 399. The van der Waals surface area contributed by atoms with Gasteiger partial charge < -0.3 is 9.53 Å².